The van der Waals surface area contributed by atoms with Crippen molar-refractivity contribution < 1.29 is 13.2 Å². The lowest BCUT2D eigenvalue weighted by Gasteiger charge is -2.19. The zero-order valence-corrected chi connectivity index (χ0v) is 12.7. The summed E-state index contributed by atoms with van der Waals surface area (Å²) in [5.74, 6) is 0.277. The molecule has 1 rings (SSSR count). The summed E-state index contributed by atoms with van der Waals surface area (Å²) in [4.78, 5) is 13.8. The van der Waals surface area contributed by atoms with Crippen LogP contribution in [0.4, 0.5) is 0 Å². The summed E-state index contributed by atoms with van der Waals surface area (Å²) in [7, 11) is -1.33. The second kappa shape index (κ2) is 6.19. The molecule has 0 spiro atoms. The summed E-state index contributed by atoms with van der Waals surface area (Å²) in [5.41, 5.74) is 1.18. The molecule has 0 saturated heterocycles. The fourth-order valence-corrected chi connectivity index (χ4v) is 2.73. The summed E-state index contributed by atoms with van der Waals surface area (Å²) >= 11 is 0. The van der Waals surface area contributed by atoms with Gasteiger partial charge >= 0.3 is 0 Å². The predicted molar refractivity (Wildman–Crippen MR) is 76.8 cm³/mol. The van der Waals surface area contributed by atoms with Gasteiger partial charge in [0.25, 0.3) is 5.91 Å². The van der Waals surface area contributed by atoms with E-state index in [4.69, 9.17) is 0 Å². The van der Waals surface area contributed by atoms with Crippen LogP contribution in [0.5, 0.6) is 0 Å². The van der Waals surface area contributed by atoms with E-state index >= 15 is 0 Å². The third-order valence-corrected chi connectivity index (χ3v) is 3.45. The van der Waals surface area contributed by atoms with Crippen molar-refractivity contribution in [2.45, 2.75) is 19.6 Å². The van der Waals surface area contributed by atoms with Gasteiger partial charge in [0.05, 0.1) is 5.75 Å². The Hall–Kier alpha value is -1.36. The van der Waals surface area contributed by atoms with E-state index in [1.165, 1.54) is 6.26 Å². The molecule has 0 bridgehead atoms. The van der Waals surface area contributed by atoms with E-state index in [0.29, 0.717) is 23.6 Å². The number of carbonyl (C=O) groups is 1. The van der Waals surface area contributed by atoms with E-state index in [-0.39, 0.29) is 11.7 Å². The molecule has 0 atom stereocenters. The molecule has 0 aromatic heterocycles. The van der Waals surface area contributed by atoms with Gasteiger partial charge < -0.3 is 4.90 Å². The lowest BCUT2D eigenvalue weighted by molar-refractivity contribution is 0.0779. The third-order valence-electron chi connectivity index (χ3n) is 2.59. The quantitative estimate of drug-likeness (QED) is 0.830. The predicted octanol–water partition coefficient (Wildman–Crippen LogP) is 1.96. The SMILES string of the molecule is CC(C)CN(C)C(=O)c1cccc(CS(C)(=O)=O)c1. The largest absolute Gasteiger partial charge is 0.341 e. The normalized spacial score (nSPS) is 11.6. The number of sulfone groups is 1. The lowest BCUT2D eigenvalue weighted by Crippen LogP contribution is -2.30. The number of carbonyl (C=O) groups excluding carboxylic acids is 1. The number of hydrogen-bond acceptors (Lipinski definition) is 3. The highest BCUT2D eigenvalue weighted by Crippen LogP contribution is 2.11. The highest BCUT2D eigenvalue weighted by atomic mass is 32.2. The first-order chi connectivity index (χ1) is 8.69. The van der Waals surface area contributed by atoms with E-state index in [2.05, 4.69) is 0 Å². The highest BCUT2D eigenvalue weighted by molar-refractivity contribution is 7.89. The minimum atomic E-state index is -3.08. The van der Waals surface area contributed by atoms with Gasteiger partial charge in [-0.05, 0) is 23.6 Å². The molecule has 0 fully saturated rings. The molecule has 0 unspecified atom stereocenters. The summed E-state index contributed by atoms with van der Waals surface area (Å²) in [5, 5.41) is 0. The zero-order chi connectivity index (χ0) is 14.6. The van der Waals surface area contributed by atoms with Crippen LogP contribution in [-0.2, 0) is 15.6 Å². The van der Waals surface area contributed by atoms with Crippen molar-refractivity contribution in [2.75, 3.05) is 19.8 Å². The maximum absolute atomic E-state index is 12.2. The van der Waals surface area contributed by atoms with E-state index in [1.807, 2.05) is 13.8 Å². The van der Waals surface area contributed by atoms with Crippen LogP contribution in [0.1, 0.15) is 29.8 Å². The van der Waals surface area contributed by atoms with E-state index < -0.39 is 9.84 Å². The van der Waals surface area contributed by atoms with E-state index in [0.717, 1.165) is 0 Å². The van der Waals surface area contributed by atoms with Crippen LogP contribution in [-0.4, -0.2) is 39.1 Å². The smallest absolute Gasteiger partial charge is 0.253 e. The minimum absolute atomic E-state index is 0.0397. The van der Waals surface area contributed by atoms with Crippen LogP contribution >= 0.6 is 0 Å². The summed E-state index contributed by atoms with van der Waals surface area (Å²) in [6.07, 6.45) is 1.19. The molecular formula is C14H21NO3S. The molecule has 0 heterocycles. The molecule has 5 heteroatoms. The maximum Gasteiger partial charge on any atom is 0.253 e. The number of amides is 1. The fourth-order valence-electron chi connectivity index (χ4n) is 1.95. The maximum atomic E-state index is 12.2. The van der Waals surface area contributed by atoms with Gasteiger partial charge in [-0.3, -0.25) is 4.79 Å². The first-order valence-corrected chi connectivity index (χ1v) is 8.27. The standard InChI is InChI=1S/C14H21NO3S/c1-11(2)9-15(3)14(16)13-7-5-6-12(8-13)10-19(4,17)18/h5-8,11H,9-10H2,1-4H3. The van der Waals surface area contributed by atoms with Gasteiger partial charge in [-0.15, -0.1) is 0 Å². The van der Waals surface area contributed by atoms with Crippen molar-refractivity contribution in [3.8, 4) is 0 Å². The summed E-state index contributed by atoms with van der Waals surface area (Å²) in [6, 6.07) is 6.81. The van der Waals surface area contributed by atoms with Gasteiger partial charge in [-0.25, -0.2) is 8.42 Å². The van der Waals surface area contributed by atoms with Crippen molar-refractivity contribution in [1.82, 2.24) is 4.90 Å². The summed E-state index contributed by atoms with van der Waals surface area (Å²) < 4.78 is 22.5. The van der Waals surface area contributed by atoms with Gasteiger partial charge in [0, 0.05) is 25.4 Å². The van der Waals surface area contributed by atoms with Crippen molar-refractivity contribution >= 4 is 15.7 Å². The Morgan fingerprint density at radius 2 is 1.95 bits per heavy atom. The third kappa shape index (κ3) is 5.42. The molecule has 0 radical (unpaired) electrons. The minimum Gasteiger partial charge on any atom is -0.341 e. The van der Waals surface area contributed by atoms with Crippen LogP contribution < -0.4 is 0 Å². The number of hydrogen-bond donors (Lipinski definition) is 0. The molecule has 4 nitrogen and oxygen atoms in total. The zero-order valence-electron chi connectivity index (χ0n) is 11.9. The lowest BCUT2D eigenvalue weighted by atomic mass is 10.1. The second-order valence-corrected chi connectivity index (χ2v) is 7.49. The molecule has 0 saturated carbocycles. The van der Waals surface area contributed by atoms with Crippen LogP contribution in [0, 0.1) is 5.92 Å². The average Bonchev–Trinajstić information content (AvgIpc) is 2.25. The molecule has 0 aliphatic heterocycles. The Balaban J connectivity index is 2.90. The molecule has 106 valence electrons. The molecule has 0 aliphatic rings. The van der Waals surface area contributed by atoms with Gasteiger partial charge in [-0.1, -0.05) is 26.0 Å². The van der Waals surface area contributed by atoms with Crippen LogP contribution in [0.2, 0.25) is 0 Å². The Bertz CT molecular complexity index is 550. The highest BCUT2D eigenvalue weighted by Gasteiger charge is 2.14. The molecule has 19 heavy (non-hydrogen) atoms. The average molecular weight is 283 g/mol. The topological polar surface area (TPSA) is 54.5 Å². The Kier molecular flexibility index (Phi) is 5.11. The second-order valence-electron chi connectivity index (χ2n) is 5.35. The first-order valence-electron chi connectivity index (χ1n) is 6.21. The van der Waals surface area contributed by atoms with E-state index in [1.54, 1.807) is 36.2 Å². The number of nitrogens with zero attached hydrogens (tertiary/aromatic N) is 1. The Morgan fingerprint density at radius 1 is 1.32 bits per heavy atom. The Labute approximate surface area is 115 Å². The van der Waals surface area contributed by atoms with Crippen LogP contribution in [0.3, 0.4) is 0 Å². The van der Waals surface area contributed by atoms with Crippen LogP contribution in [0.25, 0.3) is 0 Å². The number of benzene rings is 1. The molecular weight excluding hydrogens is 262 g/mol. The molecule has 1 aromatic carbocycles. The summed E-state index contributed by atoms with van der Waals surface area (Å²) in [6.45, 7) is 4.77. The van der Waals surface area contributed by atoms with Gasteiger partial charge in [0.15, 0.2) is 9.84 Å². The van der Waals surface area contributed by atoms with Crippen LogP contribution in [0.15, 0.2) is 24.3 Å². The molecule has 1 amide bonds. The van der Waals surface area contributed by atoms with Gasteiger partial charge in [-0.2, -0.15) is 0 Å². The van der Waals surface area contributed by atoms with Crippen molar-refractivity contribution in [3.63, 3.8) is 0 Å². The van der Waals surface area contributed by atoms with E-state index in [9.17, 15) is 13.2 Å². The molecule has 0 aliphatic carbocycles. The van der Waals surface area contributed by atoms with Crippen molar-refractivity contribution in [1.29, 1.82) is 0 Å². The first kappa shape index (κ1) is 15.7. The van der Waals surface area contributed by atoms with Gasteiger partial charge in [0.1, 0.15) is 0 Å². The fraction of sp³-hybridized carbons (Fsp3) is 0.500. The Morgan fingerprint density at radius 3 is 2.47 bits per heavy atom. The van der Waals surface area contributed by atoms with Crippen molar-refractivity contribution in [2.24, 2.45) is 5.92 Å². The molecule has 0 N–H and O–H groups in total. The number of rotatable bonds is 5. The van der Waals surface area contributed by atoms with Crippen molar-refractivity contribution in [3.05, 3.63) is 35.4 Å². The monoisotopic (exact) mass is 283 g/mol. The molecule has 1 aromatic rings. The van der Waals surface area contributed by atoms with Gasteiger partial charge in [0.2, 0.25) is 0 Å².